The maximum Gasteiger partial charge on any atom is 0.218 e. The SMILES string of the molecule is CCNC(C)c1cccnc1OC(C)c1ccccc1. The van der Waals surface area contributed by atoms with Crippen LogP contribution in [-0.2, 0) is 0 Å². The van der Waals surface area contributed by atoms with Crippen LogP contribution >= 0.6 is 0 Å². The third-order valence-electron chi connectivity index (χ3n) is 3.33. The minimum absolute atomic E-state index is 0.0151. The summed E-state index contributed by atoms with van der Waals surface area (Å²) in [5, 5.41) is 3.40. The van der Waals surface area contributed by atoms with Crippen molar-refractivity contribution < 1.29 is 4.74 Å². The molecule has 20 heavy (non-hydrogen) atoms. The first-order chi connectivity index (χ1) is 9.72. The Morgan fingerprint density at radius 3 is 2.55 bits per heavy atom. The molecule has 0 bridgehead atoms. The standard InChI is InChI=1S/C17H22N2O/c1-4-18-13(2)16-11-8-12-19-17(16)20-14(3)15-9-6-5-7-10-15/h5-14,18H,4H2,1-3H3. The molecule has 2 aromatic rings. The van der Waals surface area contributed by atoms with Gasteiger partial charge in [-0.1, -0.05) is 43.3 Å². The Bertz CT molecular complexity index is 528. The molecule has 3 heteroatoms. The van der Waals surface area contributed by atoms with Gasteiger partial charge in [-0.15, -0.1) is 0 Å². The van der Waals surface area contributed by atoms with Crippen molar-refractivity contribution in [2.75, 3.05) is 6.54 Å². The van der Waals surface area contributed by atoms with Crippen LogP contribution in [0.15, 0.2) is 48.7 Å². The lowest BCUT2D eigenvalue weighted by atomic mass is 10.1. The van der Waals surface area contributed by atoms with Crippen LogP contribution in [0.1, 0.15) is 44.0 Å². The van der Waals surface area contributed by atoms with Crippen molar-refractivity contribution in [1.29, 1.82) is 0 Å². The van der Waals surface area contributed by atoms with Gasteiger partial charge >= 0.3 is 0 Å². The van der Waals surface area contributed by atoms with Gasteiger partial charge in [0, 0.05) is 17.8 Å². The summed E-state index contributed by atoms with van der Waals surface area (Å²) in [6, 6.07) is 14.4. The Hall–Kier alpha value is -1.87. The van der Waals surface area contributed by atoms with Crippen molar-refractivity contribution >= 4 is 0 Å². The molecule has 2 unspecified atom stereocenters. The number of aromatic nitrogens is 1. The summed E-state index contributed by atoms with van der Waals surface area (Å²) in [7, 11) is 0. The molecule has 0 saturated heterocycles. The van der Waals surface area contributed by atoms with E-state index < -0.39 is 0 Å². The molecule has 0 spiro atoms. The van der Waals surface area contributed by atoms with Crippen molar-refractivity contribution in [3.63, 3.8) is 0 Å². The predicted octanol–water partition coefficient (Wildman–Crippen LogP) is 3.89. The Morgan fingerprint density at radius 1 is 1.10 bits per heavy atom. The molecule has 1 heterocycles. The van der Waals surface area contributed by atoms with E-state index in [0.717, 1.165) is 17.7 Å². The minimum atomic E-state index is -0.0151. The molecule has 0 aliphatic heterocycles. The maximum atomic E-state index is 6.05. The smallest absolute Gasteiger partial charge is 0.218 e. The summed E-state index contributed by atoms with van der Waals surface area (Å²) < 4.78 is 6.05. The third kappa shape index (κ3) is 3.58. The molecule has 0 saturated carbocycles. The number of pyridine rings is 1. The minimum Gasteiger partial charge on any atom is -0.470 e. The summed E-state index contributed by atoms with van der Waals surface area (Å²) in [6.07, 6.45) is 1.76. The second-order valence-electron chi connectivity index (χ2n) is 4.85. The number of hydrogen-bond donors (Lipinski definition) is 1. The zero-order valence-corrected chi connectivity index (χ0v) is 12.3. The zero-order chi connectivity index (χ0) is 14.4. The monoisotopic (exact) mass is 270 g/mol. The van der Waals surface area contributed by atoms with E-state index in [4.69, 9.17) is 4.74 Å². The summed E-state index contributed by atoms with van der Waals surface area (Å²) in [4.78, 5) is 4.39. The highest BCUT2D eigenvalue weighted by molar-refractivity contribution is 5.29. The van der Waals surface area contributed by atoms with E-state index in [0.29, 0.717) is 5.88 Å². The number of hydrogen-bond acceptors (Lipinski definition) is 3. The number of nitrogens with one attached hydrogen (secondary N) is 1. The van der Waals surface area contributed by atoms with Gasteiger partial charge < -0.3 is 10.1 Å². The van der Waals surface area contributed by atoms with E-state index in [9.17, 15) is 0 Å². The molecule has 1 aromatic carbocycles. The van der Waals surface area contributed by atoms with Crippen molar-refractivity contribution in [1.82, 2.24) is 10.3 Å². The van der Waals surface area contributed by atoms with E-state index in [2.05, 4.69) is 42.3 Å². The fourth-order valence-corrected chi connectivity index (χ4v) is 2.21. The van der Waals surface area contributed by atoms with Gasteiger partial charge in [-0.25, -0.2) is 4.98 Å². The molecule has 106 valence electrons. The van der Waals surface area contributed by atoms with Crippen LogP contribution in [0.2, 0.25) is 0 Å². The highest BCUT2D eigenvalue weighted by Crippen LogP contribution is 2.26. The average Bonchev–Trinajstić information content (AvgIpc) is 2.49. The van der Waals surface area contributed by atoms with Gasteiger partial charge in [-0.3, -0.25) is 0 Å². The van der Waals surface area contributed by atoms with Crippen molar-refractivity contribution in [2.24, 2.45) is 0 Å². The highest BCUT2D eigenvalue weighted by Gasteiger charge is 2.14. The number of nitrogens with zero attached hydrogens (tertiary/aromatic N) is 1. The van der Waals surface area contributed by atoms with Crippen molar-refractivity contribution in [2.45, 2.75) is 32.9 Å². The first-order valence-corrected chi connectivity index (χ1v) is 7.12. The van der Waals surface area contributed by atoms with Crippen LogP contribution in [0.3, 0.4) is 0 Å². The van der Waals surface area contributed by atoms with Gasteiger partial charge in [0.15, 0.2) is 0 Å². The lowest BCUT2D eigenvalue weighted by Gasteiger charge is -2.20. The molecule has 0 amide bonds. The van der Waals surface area contributed by atoms with E-state index in [1.807, 2.05) is 31.2 Å². The van der Waals surface area contributed by atoms with Crippen molar-refractivity contribution in [3.8, 4) is 5.88 Å². The van der Waals surface area contributed by atoms with E-state index in [1.165, 1.54) is 0 Å². The molecule has 3 nitrogen and oxygen atoms in total. The quantitative estimate of drug-likeness (QED) is 0.864. The average molecular weight is 270 g/mol. The van der Waals surface area contributed by atoms with Crippen LogP contribution in [0.4, 0.5) is 0 Å². The normalized spacial score (nSPS) is 13.8. The van der Waals surface area contributed by atoms with Crippen LogP contribution in [-0.4, -0.2) is 11.5 Å². The Kier molecular flexibility index (Phi) is 5.13. The topological polar surface area (TPSA) is 34.2 Å². The number of ether oxygens (including phenoxy) is 1. The lowest BCUT2D eigenvalue weighted by molar-refractivity contribution is 0.213. The van der Waals surface area contributed by atoms with Gasteiger partial charge in [0.1, 0.15) is 6.10 Å². The number of benzene rings is 1. The first-order valence-electron chi connectivity index (χ1n) is 7.12. The molecule has 0 radical (unpaired) electrons. The molecule has 1 aromatic heterocycles. The fourth-order valence-electron chi connectivity index (χ4n) is 2.21. The van der Waals surface area contributed by atoms with Crippen molar-refractivity contribution in [3.05, 3.63) is 59.8 Å². The third-order valence-corrected chi connectivity index (χ3v) is 3.33. The van der Waals surface area contributed by atoms with Gasteiger partial charge in [0.25, 0.3) is 0 Å². The Balaban J connectivity index is 2.17. The molecule has 1 N–H and O–H groups in total. The van der Waals surface area contributed by atoms with Gasteiger partial charge in [-0.05, 0) is 32.0 Å². The molecule has 0 aliphatic carbocycles. The highest BCUT2D eigenvalue weighted by atomic mass is 16.5. The predicted molar refractivity (Wildman–Crippen MR) is 81.8 cm³/mol. The zero-order valence-electron chi connectivity index (χ0n) is 12.3. The van der Waals surface area contributed by atoms with E-state index >= 15 is 0 Å². The first kappa shape index (κ1) is 14.5. The molecule has 0 aliphatic rings. The molecular formula is C17H22N2O. The second kappa shape index (κ2) is 7.06. The lowest BCUT2D eigenvalue weighted by Crippen LogP contribution is -2.19. The summed E-state index contributed by atoms with van der Waals surface area (Å²) in [6.45, 7) is 7.19. The van der Waals surface area contributed by atoms with Gasteiger partial charge in [0.05, 0.1) is 0 Å². The van der Waals surface area contributed by atoms with Crippen LogP contribution in [0.25, 0.3) is 0 Å². The molecule has 2 atom stereocenters. The summed E-state index contributed by atoms with van der Waals surface area (Å²) >= 11 is 0. The Labute approximate surface area is 121 Å². The van der Waals surface area contributed by atoms with E-state index in [-0.39, 0.29) is 12.1 Å². The van der Waals surface area contributed by atoms with Crippen LogP contribution in [0.5, 0.6) is 5.88 Å². The number of rotatable bonds is 6. The second-order valence-corrected chi connectivity index (χ2v) is 4.85. The molecule has 2 rings (SSSR count). The molecular weight excluding hydrogens is 248 g/mol. The summed E-state index contributed by atoms with van der Waals surface area (Å²) in [5.41, 5.74) is 2.25. The van der Waals surface area contributed by atoms with Crippen LogP contribution < -0.4 is 10.1 Å². The van der Waals surface area contributed by atoms with Crippen LogP contribution in [0, 0.1) is 0 Å². The molecule has 0 fully saturated rings. The summed E-state index contributed by atoms with van der Waals surface area (Å²) in [5.74, 6) is 0.706. The fraction of sp³-hybridized carbons (Fsp3) is 0.353. The maximum absolute atomic E-state index is 6.05. The largest absolute Gasteiger partial charge is 0.470 e. The van der Waals surface area contributed by atoms with Gasteiger partial charge in [0.2, 0.25) is 5.88 Å². The Morgan fingerprint density at radius 2 is 1.85 bits per heavy atom. The van der Waals surface area contributed by atoms with E-state index in [1.54, 1.807) is 6.20 Å². The van der Waals surface area contributed by atoms with Gasteiger partial charge in [-0.2, -0.15) is 0 Å².